The van der Waals surface area contributed by atoms with Gasteiger partial charge in [0, 0.05) is 5.56 Å². The van der Waals surface area contributed by atoms with Gasteiger partial charge in [0.05, 0.1) is 13.2 Å². The molecule has 0 aliphatic heterocycles. The Labute approximate surface area is 144 Å². The lowest BCUT2D eigenvalue weighted by Crippen LogP contribution is -2.13. The first-order chi connectivity index (χ1) is 12.1. The van der Waals surface area contributed by atoms with Crippen LogP contribution < -0.4 is 10.1 Å². The Kier molecular flexibility index (Phi) is 5.03. The number of nitrogens with zero attached hydrogens (tertiary/aromatic N) is 3. The Morgan fingerprint density at radius 1 is 1.24 bits per heavy atom. The Bertz CT molecular complexity index is 862. The van der Waals surface area contributed by atoms with Crippen LogP contribution in [0.3, 0.4) is 0 Å². The number of amides is 1. The lowest BCUT2D eigenvalue weighted by Gasteiger charge is -2.05. The number of halogens is 1. The van der Waals surface area contributed by atoms with Crippen LogP contribution in [0.4, 0.5) is 10.3 Å². The van der Waals surface area contributed by atoms with Gasteiger partial charge in [-0.05, 0) is 42.8 Å². The summed E-state index contributed by atoms with van der Waals surface area (Å²) >= 11 is 0. The summed E-state index contributed by atoms with van der Waals surface area (Å²) in [7, 11) is 0. The topological polar surface area (TPSA) is 69.0 Å². The summed E-state index contributed by atoms with van der Waals surface area (Å²) in [5.41, 5.74) is 1.34. The Hall–Kier alpha value is -3.22. The summed E-state index contributed by atoms with van der Waals surface area (Å²) < 4.78 is 19.9. The quantitative estimate of drug-likeness (QED) is 0.748. The molecule has 0 saturated heterocycles. The second-order valence-corrected chi connectivity index (χ2v) is 5.31. The first-order valence-corrected chi connectivity index (χ1v) is 7.82. The zero-order valence-corrected chi connectivity index (χ0v) is 13.6. The minimum absolute atomic E-state index is 0.203. The zero-order valence-electron chi connectivity index (χ0n) is 13.6. The van der Waals surface area contributed by atoms with Gasteiger partial charge in [0.15, 0.2) is 0 Å². The SMILES string of the molecule is CCOc1cccc(C(=O)Nc2ncn(Cc3ccc(F)cc3)n2)c1. The van der Waals surface area contributed by atoms with E-state index in [2.05, 4.69) is 15.4 Å². The highest BCUT2D eigenvalue weighted by molar-refractivity contribution is 6.03. The molecule has 0 aliphatic rings. The number of carbonyl (C=O) groups excluding carboxylic acids is 1. The molecule has 0 aliphatic carbocycles. The molecule has 3 rings (SSSR count). The maximum atomic E-state index is 12.9. The molecule has 3 aromatic rings. The monoisotopic (exact) mass is 340 g/mol. The van der Waals surface area contributed by atoms with E-state index >= 15 is 0 Å². The van der Waals surface area contributed by atoms with Crippen molar-refractivity contribution in [2.45, 2.75) is 13.5 Å². The highest BCUT2D eigenvalue weighted by Crippen LogP contribution is 2.14. The lowest BCUT2D eigenvalue weighted by molar-refractivity contribution is 0.102. The number of carbonyl (C=O) groups is 1. The van der Waals surface area contributed by atoms with E-state index < -0.39 is 0 Å². The van der Waals surface area contributed by atoms with Crippen molar-refractivity contribution in [2.75, 3.05) is 11.9 Å². The summed E-state index contributed by atoms with van der Waals surface area (Å²) in [4.78, 5) is 16.3. The number of anilines is 1. The third kappa shape index (κ3) is 4.41. The maximum Gasteiger partial charge on any atom is 0.258 e. The number of aromatic nitrogens is 3. The van der Waals surface area contributed by atoms with Crippen molar-refractivity contribution in [2.24, 2.45) is 0 Å². The van der Waals surface area contributed by atoms with Crippen molar-refractivity contribution in [3.8, 4) is 5.75 Å². The minimum Gasteiger partial charge on any atom is -0.494 e. The van der Waals surface area contributed by atoms with Gasteiger partial charge in [0.1, 0.15) is 17.9 Å². The number of hydrogen-bond donors (Lipinski definition) is 1. The van der Waals surface area contributed by atoms with E-state index in [1.54, 1.807) is 41.1 Å². The summed E-state index contributed by atoms with van der Waals surface area (Å²) in [6.07, 6.45) is 1.51. The standard InChI is InChI=1S/C18H17FN4O2/c1-2-25-16-5-3-4-14(10-16)17(24)21-18-20-12-23(22-18)11-13-6-8-15(19)9-7-13/h3-10,12H,2,11H2,1H3,(H,21,22,24). The average molecular weight is 340 g/mol. The summed E-state index contributed by atoms with van der Waals surface area (Å²) in [5.74, 6) is 0.226. The Morgan fingerprint density at radius 3 is 2.80 bits per heavy atom. The molecule has 0 fully saturated rings. The van der Waals surface area contributed by atoms with E-state index in [0.29, 0.717) is 24.5 Å². The molecule has 1 N–H and O–H groups in total. The molecule has 1 aromatic heterocycles. The van der Waals surface area contributed by atoms with Crippen LogP contribution in [0.15, 0.2) is 54.9 Å². The van der Waals surface area contributed by atoms with Gasteiger partial charge in [-0.2, -0.15) is 0 Å². The first kappa shape index (κ1) is 16.6. The van der Waals surface area contributed by atoms with Gasteiger partial charge < -0.3 is 4.74 Å². The molecule has 25 heavy (non-hydrogen) atoms. The van der Waals surface area contributed by atoms with Crippen LogP contribution in [0, 0.1) is 5.82 Å². The fourth-order valence-electron chi connectivity index (χ4n) is 2.27. The molecule has 7 heteroatoms. The van der Waals surface area contributed by atoms with Gasteiger partial charge in [-0.3, -0.25) is 10.1 Å². The fourth-order valence-corrected chi connectivity index (χ4v) is 2.27. The van der Waals surface area contributed by atoms with Crippen LogP contribution in [0.1, 0.15) is 22.8 Å². The zero-order chi connectivity index (χ0) is 17.6. The number of rotatable bonds is 6. The molecule has 0 radical (unpaired) electrons. The van der Waals surface area contributed by atoms with E-state index in [4.69, 9.17) is 4.74 Å². The van der Waals surface area contributed by atoms with Crippen molar-refractivity contribution in [3.63, 3.8) is 0 Å². The molecule has 0 saturated carbocycles. The smallest absolute Gasteiger partial charge is 0.258 e. The summed E-state index contributed by atoms with van der Waals surface area (Å²) in [6.45, 7) is 2.84. The molecular weight excluding hydrogens is 323 g/mol. The van der Waals surface area contributed by atoms with Crippen molar-refractivity contribution >= 4 is 11.9 Å². The van der Waals surface area contributed by atoms with Gasteiger partial charge in [-0.1, -0.05) is 18.2 Å². The van der Waals surface area contributed by atoms with Crippen molar-refractivity contribution < 1.29 is 13.9 Å². The van der Waals surface area contributed by atoms with E-state index in [0.717, 1.165) is 5.56 Å². The third-order valence-corrected chi connectivity index (χ3v) is 3.43. The van der Waals surface area contributed by atoms with Crippen molar-refractivity contribution in [1.29, 1.82) is 0 Å². The molecule has 0 spiro atoms. The molecule has 1 amide bonds. The van der Waals surface area contributed by atoms with E-state index in [1.807, 2.05) is 6.92 Å². The van der Waals surface area contributed by atoms with Gasteiger partial charge >= 0.3 is 0 Å². The molecule has 1 heterocycles. The van der Waals surface area contributed by atoms with E-state index in [9.17, 15) is 9.18 Å². The van der Waals surface area contributed by atoms with E-state index in [-0.39, 0.29) is 17.7 Å². The second kappa shape index (κ2) is 7.57. The Morgan fingerprint density at radius 2 is 2.04 bits per heavy atom. The molecule has 2 aromatic carbocycles. The van der Waals surface area contributed by atoms with Crippen molar-refractivity contribution in [3.05, 3.63) is 71.8 Å². The predicted molar refractivity (Wildman–Crippen MR) is 91.1 cm³/mol. The minimum atomic E-state index is -0.318. The largest absolute Gasteiger partial charge is 0.494 e. The molecule has 0 bridgehead atoms. The van der Waals surface area contributed by atoms with Crippen LogP contribution in [-0.2, 0) is 6.54 Å². The van der Waals surface area contributed by atoms with Crippen LogP contribution >= 0.6 is 0 Å². The number of hydrogen-bond acceptors (Lipinski definition) is 4. The molecule has 128 valence electrons. The van der Waals surface area contributed by atoms with Gasteiger partial charge in [0.25, 0.3) is 5.91 Å². The van der Waals surface area contributed by atoms with Crippen molar-refractivity contribution in [1.82, 2.24) is 14.8 Å². The fraction of sp³-hybridized carbons (Fsp3) is 0.167. The van der Waals surface area contributed by atoms with Crippen LogP contribution in [-0.4, -0.2) is 27.3 Å². The normalized spacial score (nSPS) is 10.5. The maximum absolute atomic E-state index is 12.9. The average Bonchev–Trinajstić information content (AvgIpc) is 3.04. The predicted octanol–water partition coefficient (Wildman–Crippen LogP) is 3.12. The lowest BCUT2D eigenvalue weighted by atomic mass is 10.2. The highest BCUT2D eigenvalue weighted by Gasteiger charge is 2.10. The van der Waals surface area contributed by atoms with Gasteiger partial charge in [-0.15, -0.1) is 5.10 Å². The van der Waals surface area contributed by atoms with Gasteiger partial charge in [0.2, 0.25) is 5.95 Å². The molecule has 0 atom stereocenters. The van der Waals surface area contributed by atoms with Crippen LogP contribution in [0.2, 0.25) is 0 Å². The van der Waals surface area contributed by atoms with E-state index in [1.165, 1.54) is 18.5 Å². The molecule has 6 nitrogen and oxygen atoms in total. The van der Waals surface area contributed by atoms with Crippen LogP contribution in [0.5, 0.6) is 5.75 Å². The number of ether oxygens (including phenoxy) is 1. The van der Waals surface area contributed by atoms with Crippen LogP contribution in [0.25, 0.3) is 0 Å². The first-order valence-electron chi connectivity index (χ1n) is 7.82. The highest BCUT2D eigenvalue weighted by atomic mass is 19.1. The number of nitrogens with one attached hydrogen (secondary N) is 1. The molecular formula is C18H17FN4O2. The Balaban J connectivity index is 1.65. The summed E-state index contributed by atoms with van der Waals surface area (Å²) in [6, 6.07) is 13.0. The molecule has 0 unspecified atom stereocenters. The van der Waals surface area contributed by atoms with Gasteiger partial charge in [-0.25, -0.2) is 14.1 Å². The number of benzene rings is 2. The third-order valence-electron chi connectivity index (χ3n) is 3.43. The summed E-state index contributed by atoms with van der Waals surface area (Å²) in [5, 5.41) is 6.85. The second-order valence-electron chi connectivity index (χ2n) is 5.31.